The van der Waals surface area contributed by atoms with Crippen LogP contribution in [0, 0.1) is 0 Å². The van der Waals surface area contributed by atoms with Crippen LogP contribution in [0.3, 0.4) is 0 Å². The van der Waals surface area contributed by atoms with Crippen molar-refractivity contribution in [3.8, 4) is 5.69 Å². The smallest absolute Gasteiger partial charge is 0.293 e. The second-order valence-electron chi connectivity index (χ2n) is 6.12. The number of aryl methyl sites for hydroxylation is 2. The number of hydrogen-bond donors (Lipinski definition) is 2. The van der Waals surface area contributed by atoms with Crippen molar-refractivity contribution in [1.82, 2.24) is 29.9 Å². The second kappa shape index (κ2) is 7.59. The maximum atomic E-state index is 11.3. The number of rotatable bonds is 6. The molecule has 2 aromatic carbocycles. The summed E-state index contributed by atoms with van der Waals surface area (Å²) in [4.78, 5) is 18.6. The van der Waals surface area contributed by atoms with Gasteiger partial charge in [-0.05, 0) is 36.2 Å². The number of aromatic amines is 2. The van der Waals surface area contributed by atoms with Gasteiger partial charge in [-0.1, -0.05) is 41.9 Å². The van der Waals surface area contributed by atoms with E-state index in [1.807, 2.05) is 42.5 Å². The van der Waals surface area contributed by atoms with E-state index < -0.39 is 0 Å². The summed E-state index contributed by atoms with van der Waals surface area (Å²) in [6.07, 6.45) is 1.93. The van der Waals surface area contributed by atoms with Crippen LogP contribution in [-0.4, -0.2) is 29.9 Å². The van der Waals surface area contributed by atoms with Crippen molar-refractivity contribution < 1.29 is 0 Å². The highest BCUT2D eigenvalue weighted by Gasteiger charge is 2.14. The van der Waals surface area contributed by atoms with Crippen molar-refractivity contribution in [2.75, 3.05) is 0 Å². The minimum Gasteiger partial charge on any atom is -0.293 e. The standard InChI is InChI=1S/C19H17ClN6O/c20-14-7-9-15(10-8-14)26-18(12-17-22-19(27)24-23-17)21-16(25-26)11-6-13-4-2-1-3-5-13/h1-5,7-10H,6,11-12H2,(H2,22,23,24,27). The monoisotopic (exact) mass is 380 g/mol. The fourth-order valence-corrected chi connectivity index (χ4v) is 2.97. The maximum Gasteiger partial charge on any atom is 0.340 e. The third-order valence-corrected chi connectivity index (χ3v) is 4.40. The predicted octanol–water partition coefficient (Wildman–Crippen LogP) is 2.71. The van der Waals surface area contributed by atoms with Crippen LogP contribution in [0.4, 0.5) is 0 Å². The normalized spacial score (nSPS) is 11.0. The lowest BCUT2D eigenvalue weighted by Crippen LogP contribution is -2.06. The highest BCUT2D eigenvalue weighted by molar-refractivity contribution is 6.30. The zero-order valence-corrected chi connectivity index (χ0v) is 15.1. The molecule has 27 heavy (non-hydrogen) atoms. The van der Waals surface area contributed by atoms with Gasteiger partial charge < -0.3 is 0 Å². The van der Waals surface area contributed by atoms with E-state index in [-0.39, 0.29) is 5.69 Å². The zero-order valence-electron chi connectivity index (χ0n) is 14.4. The summed E-state index contributed by atoms with van der Waals surface area (Å²) in [5.74, 6) is 1.95. The maximum absolute atomic E-state index is 11.3. The van der Waals surface area contributed by atoms with Gasteiger partial charge in [0, 0.05) is 11.4 Å². The summed E-state index contributed by atoms with van der Waals surface area (Å²) in [5, 5.41) is 11.7. The molecule has 0 radical (unpaired) electrons. The number of halogens is 1. The third kappa shape index (κ3) is 4.15. The molecule has 0 aliphatic carbocycles. The van der Waals surface area contributed by atoms with Crippen LogP contribution in [0.1, 0.15) is 23.0 Å². The molecule has 136 valence electrons. The average Bonchev–Trinajstić information content (AvgIpc) is 3.28. The van der Waals surface area contributed by atoms with E-state index in [0.29, 0.717) is 29.5 Å². The first-order valence-electron chi connectivity index (χ1n) is 8.55. The summed E-state index contributed by atoms with van der Waals surface area (Å²) >= 11 is 6.00. The molecule has 2 N–H and O–H groups in total. The van der Waals surface area contributed by atoms with Gasteiger partial charge in [0.05, 0.1) is 12.1 Å². The van der Waals surface area contributed by atoms with E-state index in [9.17, 15) is 4.79 Å². The molecule has 0 aliphatic rings. The van der Waals surface area contributed by atoms with Gasteiger partial charge in [-0.3, -0.25) is 4.98 Å². The lowest BCUT2D eigenvalue weighted by atomic mass is 10.1. The van der Waals surface area contributed by atoms with Crippen molar-refractivity contribution >= 4 is 11.6 Å². The molecule has 2 aromatic heterocycles. The van der Waals surface area contributed by atoms with Crippen molar-refractivity contribution in [3.63, 3.8) is 0 Å². The summed E-state index contributed by atoms with van der Waals surface area (Å²) in [5.41, 5.74) is 1.75. The highest BCUT2D eigenvalue weighted by atomic mass is 35.5. The Morgan fingerprint density at radius 2 is 1.78 bits per heavy atom. The van der Waals surface area contributed by atoms with E-state index in [1.54, 1.807) is 4.68 Å². The molecule has 0 bridgehead atoms. The molecular weight excluding hydrogens is 364 g/mol. The van der Waals surface area contributed by atoms with Gasteiger partial charge in [-0.25, -0.2) is 19.6 Å². The van der Waals surface area contributed by atoms with E-state index in [1.165, 1.54) is 5.56 Å². The van der Waals surface area contributed by atoms with Crippen LogP contribution in [0.15, 0.2) is 59.4 Å². The number of benzene rings is 2. The zero-order chi connectivity index (χ0) is 18.6. The van der Waals surface area contributed by atoms with Crippen LogP contribution in [0.5, 0.6) is 0 Å². The van der Waals surface area contributed by atoms with Gasteiger partial charge in [0.2, 0.25) is 0 Å². The van der Waals surface area contributed by atoms with Gasteiger partial charge in [0.1, 0.15) is 11.6 Å². The van der Waals surface area contributed by atoms with Crippen LogP contribution in [-0.2, 0) is 19.3 Å². The molecule has 7 nitrogen and oxygen atoms in total. The number of nitrogens with zero attached hydrogens (tertiary/aromatic N) is 4. The molecule has 0 spiro atoms. The lowest BCUT2D eigenvalue weighted by molar-refractivity contribution is 0.778. The first kappa shape index (κ1) is 17.2. The Hall–Kier alpha value is -3.19. The molecule has 0 amide bonds. The highest BCUT2D eigenvalue weighted by Crippen LogP contribution is 2.16. The number of nitrogens with one attached hydrogen (secondary N) is 2. The fourth-order valence-electron chi connectivity index (χ4n) is 2.84. The summed E-state index contributed by atoms with van der Waals surface area (Å²) < 4.78 is 1.77. The Labute approximate surface area is 160 Å². The van der Waals surface area contributed by atoms with E-state index >= 15 is 0 Å². The van der Waals surface area contributed by atoms with Crippen LogP contribution in [0.2, 0.25) is 5.02 Å². The van der Waals surface area contributed by atoms with Gasteiger partial charge in [0.25, 0.3) is 0 Å². The van der Waals surface area contributed by atoms with Gasteiger partial charge in [-0.2, -0.15) is 10.2 Å². The Bertz CT molecular complexity index is 1080. The molecule has 0 saturated heterocycles. The molecule has 8 heteroatoms. The molecule has 0 saturated carbocycles. The first-order chi connectivity index (χ1) is 13.2. The Morgan fingerprint density at radius 1 is 1.00 bits per heavy atom. The van der Waals surface area contributed by atoms with Crippen LogP contribution in [0.25, 0.3) is 5.69 Å². The molecule has 0 atom stereocenters. The van der Waals surface area contributed by atoms with Crippen molar-refractivity contribution in [1.29, 1.82) is 0 Å². The Balaban J connectivity index is 1.63. The van der Waals surface area contributed by atoms with Gasteiger partial charge in [-0.15, -0.1) is 0 Å². The SMILES string of the molecule is O=c1[nH]nc(Cc2nc(CCc3ccccc3)nn2-c2ccc(Cl)cc2)[nH]1. The Kier molecular flexibility index (Phi) is 4.84. The average molecular weight is 381 g/mol. The van der Waals surface area contributed by atoms with Crippen LogP contribution < -0.4 is 5.69 Å². The van der Waals surface area contributed by atoms with E-state index in [4.69, 9.17) is 11.6 Å². The largest absolute Gasteiger partial charge is 0.340 e. The molecule has 4 rings (SSSR count). The fraction of sp³-hybridized carbons (Fsp3) is 0.158. The van der Waals surface area contributed by atoms with Crippen molar-refractivity contribution in [2.24, 2.45) is 0 Å². The second-order valence-corrected chi connectivity index (χ2v) is 6.56. The quantitative estimate of drug-likeness (QED) is 0.538. The van der Waals surface area contributed by atoms with Crippen molar-refractivity contribution in [2.45, 2.75) is 19.3 Å². The molecular formula is C19H17ClN6O. The topological polar surface area (TPSA) is 92.2 Å². The lowest BCUT2D eigenvalue weighted by Gasteiger charge is -2.04. The first-order valence-corrected chi connectivity index (χ1v) is 8.93. The van der Waals surface area contributed by atoms with Gasteiger partial charge in [0.15, 0.2) is 5.82 Å². The Morgan fingerprint density at radius 3 is 2.48 bits per heavy atom. The minimum absolute atomic E-state index is 0.341. The molecule has 4 aromatic rings. The number of hydrogen-bond acceptors (Lipinski definition) is 4. The summed E-state index contributed by atoms with van der Waals surface area (Å²) in [7, 11) is 0. The molecule has 0 fully saturated rings. The third-order valence-electron chi connectivity index (χ3n) is 4.15. The molecule has 2 heterocycles. The van der Waals surface area contributed by atoms with E-state index in [2.05, 4.69) is 37.4 Å². The number of aromatic nitrogens is 6. The van der Waals surface area contributed by atoms with E-state index in [0.717, 1.165) is 17.9 Å². The van der Waals surface area contributed by atoms with Crippen LogP contribution >= 0.6 is 11.6 Å². The molecule has 0 aliphatic heterocycles. The summed E-state index contributed by atoms with van der Waals surface area (Å²) in [6.45, 7) is 0. The van der Waals surface area contributed by atoms with Gasteiger partial charge >= 0.3 is 5.69 Å². The minimum atomic E-state index is -0.341. The van der Waals surface area contributed by atoms with Crippen molar-refractivity contribution in [3.05, 3.63) is 93.1 Å². The number of H-pyrrole nitrogens is 2. The molecule has 0 unspecified atom stereocenters. The summed E-state index contributed by atoms with van der Waals surface area (Å²) in [6, 6.07) is 17.6. The predicted molar refractivity (Wildman–Crippen MR) is 102 cm³/mol.